The van der Waals surface area contributed by atoms with Gasteiger partial charge in [0.25, 0.3) is 0 Å². The zero-order valence-electron chi connectivity index (χ0n) is 15.6. The molecule has 0 aromatic heterocycles. The summed E-state index contributed by atoms with van der Waals surface area (Å²) in [5.41, 5.74) is -0.250. The average Bonchev–Trinajstić information content (AvgIpc) is 2.64. The molecule has 0 radical (unpaired) electrons. The highest BCUT2D eigenvalue weighted by molar-refractivity contribution is 7.89. The standard InChI is InChI=1S/C19H28N2O4S/c1-3-7-18(22)20-12-10-19(11-13-20)14-21(4-2)26(23,24)17-9-6-5-8-16(17)25-15-19/h5-6,8-9H,3-4,7,10-15H2,1-2H3. The Hall–Kier alpha value is -1.60. The first kappa shape index (κ1) is 19.2. The Kier molecular flexibility index (Phi) is 5.58. The lowest BCUT2D eigenvalue weighted by Gasteiger charge is -2.44. The molecule has 1 saturated heterocycles. The summed E-state index contributed by atoms with van der Waals surface area (Å²) in [4.78, 5) is 14.3. The number of fused-ring (bicyclic) bond motifs is 1. The summed E-state index contributed by atoms with van der Waals surface area (Å²) in [6, 6.07) is 6.85. The second-order valence-electron chi connectivity index (χ2n) is 7.30. The number of hydrogen-bond donors (Lipinski definition) is 0. The van der Waals surface area contributed by atoms with Gasteiger partial charge in [-0.1, -0.05) is 26.0 Å². The zero-order valence-corrected chi connectivity index (χ0v) is 16.4. The molecule has 0 bridgehead atoms. The number of carbonyl (C=O) groups is 1. The topological polar surface area (TPSA) is 66.9 Å². The van der Waals surface area contributed by atoms with Gasteiger partial charge in [-0.2, -0.15) is 4.31 Å². The van der Waals surface area contributed by atoms with E-state index in [-0.39, 0.29) is 16.2 Å². The number of sulfonamides is 1. The number of ether oxygens (including phenoxy) is 1. The average molecular weight is 381 g/mol. The van der Waals surface area contributed by atoms with Gasteiger partial charge >= 0.3 is 0 Å². The van der Waals surface area contributed by atoms with Crippen LogP contribution in [0.25, 0.3) is 0 Å². The van der Waals surface area contributed by atoms with Crippen molar-refractivity contribution in [2.45, 2.75) is 44.4 Å². The molecule has 7 heteroatoms. The molecule has 144 valence electrons. The number of hydrogen-bond acceptors (Lipinski definition) is 4. The van der Waals surface area contributed by atoms with Crippen molar-refractivity contribution in [3.8, 4) is 5.75 Å². The van der Waals surface area contributed by atoms with E-state index in [1.165, 1.54) is 0 Å². The fourth-order valence-electron chi connectivity index (χ4n) is 3.84. The highest BCUT2D eigenvalue weighted by Gasteiger charge is 2.42. The van der Waals surface area contributed by atoms with Crippen LogP contribution in [0.15, 0.2) is 29.2 Å². The van der Waals surface area contributed by atoms with Gasteiger partial charge in [0.2, 0.25) is 15.9 Å². The first-order valence-corrected chi connectivity index (χ1v) is 10.9. The lowest BCUT2D eigenvalue weighted by molar-refractivity contribution is -0.134. The second-order valence-corrected chi connectivity index (χ2v) is 9.20. The van der Waals surface area contributed by atoms with Gasteiger partial charge in [0.05, 0.1) is 6.61 Å². The van der Waals surface area contributed by atoms with Gasteiger partial charge in [-0.25, -0.2) is 8.42 Å². The van der Waals surface area contributed by atoms with Crippen LogP contribution in [-0.2, 0) is 14.8 Å². The van der Waals surface area contributed by atoms with Crippen molar-refractivity contribution in [1.29, 1.82) is 0 Å². The van der Waals surface area contributed by atoms with E-state index in [9.17, 15) is 13.2 Å². The van der Waals surface area contributed by atoms with Gasteiger partial charge in [0.15, 0.2) is 0 Å². The van der Waals surface area contributed by atoms with Crippen molar-refractivity contribution < 1.29 is 17.9 Å². The molecule has 0 N–H and O–H groups in total. The summed E-state index contributed by atoms with van der Waals surface area (Å²) in [5, 5.41) is 0. The van der Waals surface area contributed by atoms with Crippen molar-refractivity contribution in [3.63, 3.8) is 0 Å². The molecule has 0 saturated carbocycles. The minimum atomic E-state index is -3.58. The van der Waals surface area contributed by atoms with E-state index in [0.717, 1.165) is 19.3 Å². The SMILES string of the molecule is CCCC(=O)N1CCC2(CC1)COc1ccccc1S(=O)(=O)N(CC)C2. The molecule has 0 atom stereocenters. The highest BCUT2D eigenvalue weighted by Crippen LogP contribution is 2.39. The Morgan fingerprint density at radius 2 is 1.88 bits per heavy atom. The molecule has 1 aromatic rings. The van der Waals surface area contributed by atoms with Crippen LogP contribution < -0.4 is 4.74 Å². The lowest BCUT2D eigenvalue weighted by Crippen LogP contribution is -2.52. The first-order chi connectivity index (χ1) is 12.4. The molecule has 1 spiro atoms. The summed E-state index contributed by atoms with van der Waals surface area (Å²) >= 11 is 0. The second kappa shape index (κ2) is 7.56. The van der Waals surface area contributed by atoms with Gasteiger partial charge < -0.3 is 9.64 Å². The number of rotatable bonds is 3. The number of likely N-dealkylation sites (tertiary alicyclic amines) is 1. The van der Waals surface area contributed by atoms with Crippen LogP contribution in [0.1, 0.15) is 39.5 Å². The molecule has 3 rings (SSSR count). The summed E-state index contributed by atoms with van der Waals surface area (Å²) < 4.78 is 33.7. The van der Waals surface area contributed by atoms with Gasteiger partial charge in [0.1, 0.15) is 10.6 Å². The van der Waals surface area contributed by atoms with Crippen LogP contribution in [0.2, 0.25) is 0 Å². The predicted molar refractivity (Wildman–Crippen MR) is 99.5 cm³/mol. The van der Waals surface area contributed by atoms with Crippen LogP contribution in [-0.4, -0.2) is 56.3 Å². The fourth-order valence-corrected chi connectivity index (χ4v) is 5.54. The lowest BCUT2D eigenvalue weighted by atomic mass is 9.78. The van der Waals surface area contributed by atoms with E-state index in [1.807, 2.05) is 18.7 Å². The number of nitrogens with zero attached hydrogens (tertiary/aromatic N) is 2. The van der Waals surface area contributed by atoms with Gasteiger partial charge in [0, 0.05) is 38.0 Å². The van der Waals surface area contributed by atoms with Crippen molar-refractivity contribution in [1.82, 2.24) is 9.21 Å². The molecule has 0 unspecified atom stereocenters. The molecule has 2 aliphatic heterocycles. The molecule has 1 amide bonds. The summed E-state index contributed by atoms with van der Waals surface area (Å²) in [7, 11) is -3.58. The number of carbonyl (C=O) groups excluding carboxylic acids is 1. The maximum atomic E-state index is 13.1. The molecule has 26 heavy (non-hydrogen) atoms. The molecule has 1 fully saturated rings. The van der Waals surface area contributed by atoms with Gasteiger partial charge in [-0.3, -0.25) is 4.79 Å². The Morgan fingerprint density at radius 3 is 2.54 bits per heavy atom. The van der Waals surface area contributed by atoms with Crippen LogP contribution in [0.5, 0.6) is 5.75 Å². The maximum Gasteiger partial charge on any atom is 0.246 e. The van der Waals surface area contributed by atoms with E-state index in [2.05, 4.69) is 0 Å². The zero-order chi connectivity index (χ0) is 18.8. The largest absolute Gasteiger partial charge is 0.492 e. The van der Waals surface area contributed by atoms with Gasteiger partial charge in [-0.05, 0) is 31.4 Å². The monoisotopic (exact) mass is 380 g/mol. The van der Waals surface area contributed by atoms with Crippen LogP contribution in [0, 0.1) is 5.41 Å². The fraction of sp³-hybridized carbons (Fsp3) is 0.632. The summed E-state index contributed by atoms with van der Waals surface area (Å²) in [5.74, 6) is 0.619. The number of piperidine rings is 1. The number of benzene rings is 1. The molecule has 1 aromatic carbocycles. The van der Waals surface area contributed by atoms with Gasteiger partial charge in [-0.15, -0.1) is 0 Å². The Morgan fingerprint density at radius 1 is 1.19 bits per heavy atom. The summed E-state index contributed by atoms with van der Waals surface area (Å²) in [6.07, 6.45) is 2.95. The minimum Gasteiger partial charge on any atom is -0.492 e. The third-order valence-corrected chi connectivity index (χ3v) is 7.47. The molecule has 0 aliphatic carbocycles. The Bertz CT molecular complexity index is 755. The summed E-state index contributed by atoms with van der Waals surface area (Å²) in [6.45, 7) is 6.56. The maximum absolute atomic E-state index is 13.1. The Labute approximate surface area is 156 Å². The predicted octanol–water partition coefficient (Wildman–Crippen LogP) is 2.50. The van der Waals surface area contributed by atoms with E-state index in [4.69, 9.17) is 4.74 Å². The van der Waals surface area contributed by atoms with Crippen LogP contribution >= 0.6 is 0 Å². The molecule has 2 heterocycles. The molecule has 2 aliphatic rings. The highest BCUT2D eigenvalue weighted by atomic mass is 32.2. The van der Waals surface area contributed by atoms with E-state index in [1.54, 1.807) is 28.6 Å². The number of para-hydroxylation sites is 1. The van der Waals surface area contributed by atoms with Crippen molar-refractivity contribution in [2.24, 2.45) is 5.41 Å². The third-order valence-electron chi connectivity index (χ3n) is 5.51. The Balaban J connectivity index is 1.85. The third kappa shape index (κ3) is 3.60. The van der Waals surface area contributed by atoms with Crippen LogP contribution in [0.3, 0.4) is 0 Å². The van der Waals surface area contributed by atoms with Crippen LogP contribution in [0.4, 0.5) is 0 Å². The van der Waals surface area contributed by atoms with E-state index in [0.29, 0.717) is 45.0 Å². The smallest absolute Gasteiger partial charge is 0.246 e. The quantitative estimate of drug-likeness (QED) is 0.808. The van der Waals surface area contributed by atoms with Crippen molar-refractivity contribution >= 4 is 15.9 Å². The molecular weight excluding hydrogens is 352 g/mol. The van der Waals surface area contributed by atoms with Crippen molar-refractivity contribution in [2.75, 3.05) is 32.8 Å². The van der Waals surface area contributed by atoms with E-state index < -0.39 is 10.0 Å². The number of amides is 1. The van der Waals surface area contributed by atoms with Crippen molar-refractivity contribution in [3.05, 3.63) is 24.3 Å². The normalized spacial score (nSPS) is 22.2. The minimum absolute atomic E-state index is 0.194. The molecular formula is C19H28N2O4S. The first-order valence-electron chi connectivity index (χ1n) is 9.41. The molecule has 6 nitrogen and oxygen atoms in total. The van der Waals surface area contributed by atoms with E-state index >= 15 is 0 Å².